The maximum atomic E-state index is 4.69. The molecule has 1 fully saturated rings. The average molecular weight is 338 g/mol. The van der Waals surface area contributed by atoms with Crippen molar-refractivity contribution in [2.75, 3.05) is 12.8 Å². The molecule has 120 valence electrons. The van der Waals surface area contributed by atoms with Crippen molar-refractivity contribution in [1.82, 2.24) is 20.0 Å². The lowest BCUT2D eigenvalue weighted by atomic mass is 10.2. The van der Waals surface area contributed by atoms with Gasteiger partial charge in [-0.05, 0) is 32.4 Å². The minimum Gasteiger partial charge on any atom is -0.357 e. The highest BCUT2D eigenvalue weighted by molar-refractivity contribution is 7.99. The first-order valence-electron chi connectivity index (χ1n) is 7.77. The molecule has 2 heterocycles. The second kappa shape index (κ2) is 7.37. The topological polar surface area (TPSA) is 53.7 Å². The van der Waals surface area contributed by atoms with Crippen LogP contribution in [0.4, 0.5) is 0 Å². The molecule has 0 saturated heterocycles. The number of nitrogens with zero attached hydrogens (tertiary/aromatic N) is 3. The molecule has 0 aliphatic heterocycles. The molecule has 5 nitrogen and oxygen atoms in total. The zero-order valence-corrected chi connectivity index (χ0v) is 14.7. The zero-order chi connectivity index (χ0) is 15.4. The minimum absolute atomic E-state index is 0.542. The number of imidazole rings is 1. The monoisotopic (exact) mass is 337 g/mol. The van der Waals surface area contributed by atoms with Gasteiger partial charge in [-0.2, -0.15) is 11.8 Å². The number of hydrogen-bond donors (Lipinski definition) is 2. The van der Waals surface area contributed by atoms with Crippen molar-refractivity contribution in [1.29, 1.82) is 0 Å². The van der Waals surface area contributed by atoms with E-state index in [2.05, 4.69) is 44.4 Å². The van der Waals surface area contributed by atoms with E-state index in [-0.39, 0.29) is 0 Å². The minimum atomic E-state index is 0.542. The predicted octanol–water partition coefficient (Wildman–Crippen LogP) is 2.74. The van der Waals surface area contributed by atoms with E-state index in [9.17, 15) is 0 Å². The summed E-state index contributed by atoms with van der Waals surface area (Å²) in [5.74, 6) is 0.908. The Kier molecular flexibility index (Phi) is 5.25. The van der Waals surface area contributed by atoms with Gasteiger partial charge in [-0.3, -0.25) is 4.40 Å². The zero-order valence-electron chi connectivity index (χ0n) is 13.1. The summed E-state index contributed by atoms with van der Waals surface area (Å²) in [6, 6.07) is 0.542. The number of nitrogens with one attached hydrogen (secondary N) is 2. The van der Waals surface area contributed by atoms with Gasteiger partial charge in [-0.15, -0.1) is 11.3 Å². The quantitative estimate of drug-likeness (QED) is 0.651. The van der Waals surface area contributed by atoms with E-state index in [0.717, 1.165) is 28.4 Å². The Morgan fingerprint density at radius 2 is 2.45 bits per heavy atom. The summed E-state index contributed by atoms with van der Waals surface area (Å²) >= 11 is 3.63. The smallest absolute Gasteiger partial charge is 0.193 e. The van der Waals surface area contributed by atoms with E-state index in [1.807, 2.05) is 23.3 Å². The molecule has 2 unspecified atom stereocenters. The normalized spacial score (nSPS) is 22.4. The van der Waals surface area contributed by atoms with Crippen LogP contribution < -0.4 is 10.6 Å². The van der Waals surface area contributed by atoms with E-state index in [1.165, 1.54) is 19.3 Å². The lowest BCUT2D eigenvalue weighted by Crippen LogP contribution is -2.42. The van der Waals surface area contributed by atoms with Crippen LogP contribution >= 0.6 is 23.1 Å². The summed E-state index contributed by atoms with van der Waals surface area (Å²) in [6.07, 6.45) is 10.1. The fourth-order valence-corrected chi connectivity index (χ4v) is 4.33. The molecule has 1 aliphatic rings. The standard InChI is InChI=1S/C15H23N5S2/c1-3-16-14(18-11-4-5-13(8-11)21-2)17-9-12-10-20-6-7-22-15(20)19-12/h6-7,10-11,13H,3-5,8-9H2,1-2H3,(H2,16,17,18). The molecule has 0 spiro atoms. The molecule has 0 radical (unpaired) electrons. The Bertz CT molecular complexity index is 604. The van der Waals surface area contributed by atoms with Crippen molar-refractivity contribution in [3.8, 4) is 0 Å². The van der Waals surface area contributed by atoms with Crippen LogP contribution in [-0.4, -0.2) is 39.4 Å². The number of thioether (sulfide) groups is 1. The highest BCUT2D eigenvalue weighted by Crippen LogP contribution is 2.28. The van der Waals surface area contributed by atoms with Gasteiger partial charge in [0.15, 0.2) is 10.9 Å². The van der Waals surface area contributed by atoms with Crippen LogP contribution in [0.5, 0.6) is 0 Å². The van der Waals surface area contributed by atoms with Crippen molar-refractivity contribution in [3.05, 3.63) is 23.5 Å². The summed E-state index contributed by atoms with van der Waals surface area (Å²) in [5.41, 5.74) is 1.01. The summed E-state index contributed by atoms with van der Waals surface area (Å²) in [7, 11) is 0. The first-order valence-corrected chi connectivity index (χ1v) is 9.94. The molecular weight excluding hydrogens is 314 g/mol. The summed E-state index contributed by atoms with van der Waals surface area (Å²) < 4.78 is 2.05. The second-order valence-electron chi connectivity index (χ2n) is 5.53. The van der Waals surface area contributed by atoms with E-state index < -0.39 is 0 Å². The van der Waals surface area contributed by atoms with Gasteiger partial charge in [0.1, 0.15) is 0 Å². The average Bonchev–Trinajstić information content (AvgIpc) is 3.20. The van der Waals surface area contributed by atoms with Crippen LogP contribution in [0.1, 0.15) is 31.9 Å². The van der Waals surface area contributed by atoms with Gasteiger partial charge >= 0.3 is 0 Å². The largest absolute Gasteiger partial charge is 0.357 e. The Balaban J connectivity index is 1.61. The summed E-state index contributed by atoms with van der Waals surface area (Å²) in [6.45, 7) is 3.59. The van der Waals surface area contributed by atoms with Gasteiger partial charge in [-0.1, -0.05) is 0 Å². The Hall–Kier alpha value is -1.21. The molecule has 2 N–H and O–H groups in total. The fourth-order valence-electron chi connectivity index (χ4n) is 2.81. The molecule has 0 amide bonds. The number of rotatable bonds is 5. The number of fused-ring (bicyclic) bond motifs is 1. The molecule has 2 aromatic rings. The Morgan fingerprint density at radius 1 is 1.55 bits per heavy atom. The molecule has 1 saturated carbocycles. The van der Waals surface area contributed by atoms with Crippen LogP contribution in [0.3, 0.4) is 0 Å². The Morgan fingerprint density at radius 3 is 3.18 bits per heavy atom. The third-order valence-corrected chi connectivity index (χ3v) is 5.81. The summed E-state index contributed by atoms with van der Waals surface area (Å²) in [5, 5.41) is 9.75. The van der Waals surface area contributed by atoms with Crippen LogP contribution in [0.25, 0.3) is 4.96 Å². The first-order chi connectivity index (χ1) is 10.8. The molecule has 22 heavy (non-hydrogen) atoms. The van der Waals surface area contributed by atoms with Gasteiger partial charge < -0.3 is 10.6 Å². The van der Waals surface area contributed by atoms with Crippen molar-refractivity contribution in [2.24, 2.45) is 4.99 Å². The molecule has 1 aliphatic carbocycles. The molecule has 7 heteroatoms. The van der Waals surface area contributed by atoms with Crippen molar-refractivity contribution in [3.63, 3.8) is 0 Å². The van der Waals surface area contributed by atoms with Crippen LogP contribution in [0, 0.1) is 0 Å². The number of thiazole rings is 1. The van der Waals surface area contributed by atoms with E-state index >= 15 is 0 Å². The van der Waals surface area contributed by atoms with E-state index in [0.29, 0.717) is 12.6 Å². The highest BCUT2D eigenvalue weighted by Gasteiger charge is 2.24. The molecule has 2 atom stereocenters. The summed E-state index contributed by atoms with van der Waals surface area (Å²) in [4.78, 5) is 10.3. The molecule has 0 aromatic carbocycles. The van der Waals surface area contributed by atoms with E-state index in [4.69, 9.17) is 0 Å². The number of aliphatic imine (C=N–C) groups is 1. The lowest BCUT2D eigenvalue weighted by Gasteiger charge is -2.17. The number of hydrogen-bond acceptors (Lipinski definition) is 4. The highest BCUT2D eigenvalue weighted by atomic mass is 32.2. The van der Waals surface area contributed by atoms with Gasteiger partial charge in [-0.25, -0.2) is 9.98 Å². The maximum Gasteiger partial charge on any atom is 0.193 e. The van der Waals surface area contributed by atoms with E-state index in [1.54, 1.807) is 11.3 Å². The second-order valence-corrected chi connectivity index (χ2v) is 7.54. The van der Waals surface area contributed by atoms with Crippen LogP contribution in [0.15, 0.2) is 22.8 Å². The molecule has 2 aromatic heterocycles. The number of guanidine groups is 1. The third-order valence-electron chi connectivity index (χ3n) is 3.95. The van der Waals surface area contributed by atoms with Crippen molar-refractivity contribution >= 4 is 34.0 Å². The lowest BCUT2D eigenvalue weighted by molar-refractivity contribution is 0.615. The molecular formula is C15H23N5S2. The van der Waals surface area contributed by atoms with Crippen LogP contribution in [-0.2, 0) is 6.54 Å². The van der Waals surface area contributed by atoms with Gasteiger partial charge in [0.25, 0.3) is 0 Å². The predicted molar refractivity (Wildman–Crippen MR) is 96.0 cm³/mol. The number of aromatic nitrogens is 2. The SMILES string of the molecule is CCNC(=NCc1cn2ccsc2n1)NC1CCC(SC)C1. The van der Waals surface area contributed by atoms with Crippen LogP contribution in [0.2, 0.25) is 0 Å². The maximum absolute atomic E-state index is 4.69. The van der Waals surface area contributed by atoms with Gasteiger partial charge in [0.2, 0.25) is 0 Å². The Labute approximate surface area is 139 Å². The van der Waals surface area contributed by atoms with Gasteiger partial charge in [0, 0.05) is 35.6 Å². The fraction of sp³-hybridized carbons (Fsp3) is 0.600. The molecule has 3 rings (SSSR count). The van der Waals surface area contributed by atoms with Gasteiger partial charge in [0.05, 0.1) is 12.2 Å². The van der Waals surface area contributed by atoms with Crippen molar-refractivity contribution < 1.29 is 0 Å². The first kappa shape index (κ1) is 15.7. The van der Waals surface area contributed by atoms with Crippen molar-refractivity contribution in [2.45, 2.75) is 44.0 Å². The third kappa shape index (κ3) is 3.76. The molecule has 0 bridgehead atoms.